The lowest BCUT2D eigenvalue weighted by Crippen LogP contribution is -2.34. The predicted molar refractivity (Wildman–Crippen MR) is 86.0 cm³/mol. The van der Waals surface area contributed by atoms with E-state index in [1.54, 1.807) is 0 Å². The van der Waals surface area contributed by atoms with Gasteiger partial charge in [-0.25, -0.2) is 0 Å². The Bertz CT molecular complexity index is 639. The number of nitrogens with two attached hydrogens (primary N) is 1. The Morgan fingerprint density at radius 2 is 1.95 bits per heavy atom. The number of fused-ring (bicyclic) bond motifs is 1. The first-order chi connectivity index (χ1) is 10.1. The van der Waals surface area contributed by atoms with Crippen molar-refractivity contribution in [2.75, 3.05) is 18.8 Å². The fourth-order valence-corrected chi connectivity index (χ4v) is 2.93. The maximum absolute atomic E-state index is 10.4. The molecule has 0 aromatic heterocycles. The quantitative estimate of drug-likeness (QED) is 0.851. The molecule has 1 aliphatic heterocycles. The summed E-state index contributed by atoms with van der Waals surface area (Å²) in [4.78, 5) is 2.31. The molecule has 3 N–H and O–H groups in total. The van der Waals surface area contributed by atoms with Crippen molar-refractivity contribution in [3.8, 4) is 0 Å². The SMILES string of the molecule is Cc1ccc(C(O)CN2CCc3ccccc3C2)cc1N. The van der Waals surface area contributed by atoms with Gasteiger partial charge in [0, 0.05) is 25.3 Å². The van der Waals surface area contributed by atoms with Gasteiger partial charge < -0.3 is 10.8 Å². The van der Waals surface area contributed by atoms with Crippen molar-refractivity contribution in [3.05, 3.63) is 64.7 Å². The fraction of sp³-hybridized carbons (Fsp3) is 0.333. The van der Waals surface area contributed by atoms with Gasteiger partial charge in [0.1, 0.15) is 0 Å². The van der Waals surface area contributed by atoms with Gasteiger partial charge in [-0.3, -0.25) is 4.90 Å². The van der Waals surface area contributed by atoms with E-state index in [0.717, 1.165) is 36.3 Å². The van der Waals surface area contributed by atoms with E-state index in [2.05, 4.69) is 29.2 Å². The van der Waals surface area contributed by atoms with Crippen LogP contribution in [0.3, 0.4) is 0 Å². The summed E-state index contributed by atoms with van der Waals surface area (Å²) in [7, 11) is 0. The molecule has 0 saturated carbocycles. The minimum atomic E-state index is -0.488. The summed E-state index contributed by atoms with van der Waals surface area (Å²) in [6, 6.07) is 14.4. The largest absolute Gasteiger partial charge is 0.399 e. The van der Waals surface area contributed by atoms with E-state index in [0.29, 0.717) is 6.54 Å². The molecule has 110 valence electrons. The highest BCUT2D eigenvalue weighted by Crippen LogP contribution is 2.23. The predicted octanol–water partition coefficient (Wildman–Crippen LogP) is 2.67. The number of aliphatic hydroxyl groups is 1. The minimum Gasteiger partial charge on any atom is -0.399 e. The van der Waals surface area contributed by atoms with Crippen molar-refractivity contribution >= 4 is 5.69 Å². The highest BCUT2D eigenvalue weighted by molar-refractivity contribution is 5.48. The highest BCUT2D eigenvalue weighted by Gasteiger charge is 2.19. The van der Waals surface area contributed by atoms with E-state index >= 15 is 0 Å². The maximum Gasteiger partial charge on any atom is 0.0917 e. The topological polar surface area (TPSA) is 49.5 Å². The monoisotopic (exact) mass is 282 g/mol. The van der Waals surface area contributed by atoms with Crippen LogP contribution in [-0.2, 0) is 13.0 Å². The van der Waals surface area contributed by atoms with Crippen molar-refractivity contribution in [1.29, 1.82) is 0 Å². The number of hydrogen-bond acceptors (Lipinski definition) is 3. The van der Waals surface area contributed by atoms with Gasteiger partial charge in [0.25, 0.3) is 0 Å². The van der Waals surface area contributed by atoms with Crippen LogP contribution in [0, 0.1) is 6.92 Å². The number of nitrogen functional groups attached to an aromatic ring is 1. The molecule has 3 nitrogen and oxygen atoms in total. The van der Waals surface area contributed by atoms with Gasteiger partial charge in [0.2, 0.25) is 0 Å². The lowest BCUT2D eigenvalue weighted by molar-refractivity contribution is 0.106. The number of benzene rings is 2. The Balaban J connectivity index is 1.68. The van der Waals surface area contributed by atoms with Crippen LogP contribution >= 0.6 is 0 Å². The zero-order valence-corrected chi connectivity index (χ0v) is 12.4. The molecular weight excluding hydrogens is 260 g/mol. The third kappa shape index (κ3) is 3.09. The van der Waals surface area contributed by atoms with Crippen molar-refractivity contribution < 1.29 is 5.11 Å². The smallest absolute Gasteiger partial charge is 0.0917 e. The molecule has 1 aliphatic rings. The summed E-state index contributed by atoms with van der Waals surface area (Å²) in [6.07, 6.45) is 0.567. The zero-order chi connectivity index (χ0) is 14.8. The first kappa shape index (κ1) is 14.1. The van der Waals surface area contributed by atoms with E-state index in [4.69, 9.17) is 5.73 Å². The molecule has 1 unspecified atom stereocenters. The molecule has 1 atom stereocenters. The molecule has 0 fully saturated rings. The average Bonchev–Trinajstić information content (AvgIpc) is 2.50. The molecular formula is C18H22N2O. The molecule has 0 saturated heterocycles. The maximum atomic E-state index is 10.4. The van der Waals surface area contributed by atoms with Gasteiger partial charge in [0.05, 0.1) is 6.10 Å². The Morgan fingerprint density at radius 3 is 2.71 bits per heavy atom. The molecule has 0 bridgehead atoms. The van der Waals surface area contributed by atoms with Crippen molar-refractivity contribution in [2.24, 2.45) is 0 Å². The van der Waals surface area contributed by atoms with E-state index in [1.165, 1.54) is 11.1 Å². The summed E-state index contributed by atoms with van der Waals surface area (Å²) in [5.74, 6) is 0. The van der Waals surface area contributed by atoms with Crippen LogP contribution in [0.4, 0.5) is 5.69 Å². The van der Waals surface area contributed by atoms with Crippen LogP contribution < -0.4 is 5.73 Å². The van der Waals surface area contributed by atoms with Crippen LogP contribution in [0.15, 0.2) is 42.5 Å². The average molecular weight is 282 g/mol. The van der Waals surface area contributed by atoms with E-state index in [1.807, 2.05) is 25.1 Å². The number of aryl methyl sites for hydroxylation is 1. The van der Waals surface area contributed by atoms with Gasteiger partial charge in [-0.05, 0) is 41.7 Å². The molecule has 2 aromatic rings. The minimum absolute atomic E-state index is 0.488. The number of aliphatic hydroxyl groups excluding tert-OH is 1. The Kier molecular flexibility index (Phi) is 3.95. The summed E-state index contributed by atoms with van der Waals surface area (Å²) >= 11 is 0. The summed E-state index contributed by atoms with van der Waals surface area (Å²) in [5.41, 5.74) is 11.4. The first-order valence-corrected chi connectivity index (χ1v) is 7.46. The molecule has 21 heavy (non-hydrogen) atoms. The normalized spacial score (nSPS) is 16.5. The zero-order valence-electron chi connectivity index (χ0n) is 12.4. The standard InChI is InChI=1S/C18H22N2O/c1-13-6-7-15(10-17(13)19)18(21)12-20-9-8-14-4-2-3-5-16(14)11-20/h2-7,10,18,21H,8-9,11-12,19H2,1H3. The van der Waals surface area contributed by atoms with E-state index < -0.39 is 6.10 Å². The van der Waals surface area contributed by atoms with E-state index in [9.17, 15) is 5.11 Å². The van der Waals surface area contributed by atoms with Gasteiger partial charge in [-0.2, -0.15) is 0 Å². The first-order valence-electron chi connectivity index (χ1n) is 7.46. The van der Waals surface area contributed by atoms with Crippen LogP contribution in [-0.4, -0.2) is 23.1 Å². The molecule has 3 rings (SSSR count). The Hall–Kier alpha value is -1.84. The molecule has 1 heterocycles. The Labute approximate surface area is 126 Å². The van der Waals surface area contributed by atoms with Crippen LogP contribution in [0.2, 0.25) is 0 Å². The van der Waals surface area contributed by atoms with Gasteiger partial charge >= 0.3 is 0 Å². The van der Waals surface area contributed by atoms with E-state index in [-0.39, 0.29) is 0 Å². The molecule has 2 aromatic carbocycles. The van der Waals surface area contributed by atoms with Crippen molar-refractivity contribution in [2.45, 2.75) is 26.0 Å². The summed E-state index contributed by atoms with van der Waals surface area (Å²) in [5, 5.41) is 10.4. The lowest BCUT2D eigenvalue weighted by atomic mass is 9.99. The number of β-amino-alcohol motifs (C(OH)–C–C–N with tert-alkyl or cyclic N) is 1. The van der Waals surface area contributed by atoms with Gasteiger partial charge in [0.15, 0.2) is 0 Å². The second-order valence-electron chi connectivity index (χ2n) is 5.89. The number of anilines is 1. The van der Waals surface area contributed by atoms with Gasteiger partial charge in [-0.1, -0.05) is 36.4 Å². The number of rotatable bonds is 3. The highest BCUT2D eigenvalue weighted by atomic mass is 16.3. The second kappa shape index (κ2) is 5.88. The molecule has 3 heteroatoms. The van der Waals surface area contributed by atoms with Gasteiger partial charge in [-0.15, -0.1) is 0 Å². The lowest BCUT2D eigenvalue weighted by Gasteiger charge is -2.30. The summed E-state index contributed by atoms with van der Waals surface area (Å²) < 4.78 is 0. The number of hydrogen-bond donors (Lipinski definition) is 2. The van der Waals surface area contributed by atoms with Crippen LogP contribution in [0.25, 0.3) is 0 Å². The number of nitrogens with zero attached hydrogens (tertiary/aromatic N) is 1. The van der Waals surface area contributed by atoms with Crippen LogP contribution in [0.5, 0.6) is 0 Å². The molecule has 0 aliphatic carbocycles. The Morgan fingerprint density at radius 1 is 1.19 bits per heavy atom. The third-order valence-electron chi connectivity index (χ3n) is 4.33. The third-order valence-corrected chi connectivity index (χ3v) is 4.33. The summed E-state index contributed by atoms with van der Waals surface area (Å²) in [6.45, 7) is 4.54. The molecule has 0 amide bonds. The fourth-order valence-electron chi connectivity index (χ4n) is 2.93. The van der Waals surface area contributed by atoms with Crippen molar-refractivity contribution in [1.82, 2.24) is 4.90 Å². The molecule has 0 spiro atoms. The molecule has 0 radical (unpaired) electrons. The van der Waals surface area contributed by atoms with Crippen LogP contribution in [0.1, 0.15) is 28.4 Å². The van der Waals surface area contributed by atoms with Crippen molar-refractivity contribution in [3.63, 3.8) is 0 Å². The second-order valence-corrected chi connectivity index (χ2v) is 5.89.